The number of fused-ring (bicyclic) bond motifs is 1. The van der Waals surface area contributed by atoms with Crippen LogP contribution in [-0.2, 0) is 10.0 Å². The number of nitrogen functional groups attached to an aromatic ring is 1. The van der Waals surface area contributed by atoms with Gasteiger partial charge in [0, 0.05) is 0 Å². The van der Waals surface area contributed by atoms with Crippen molar-refractivity contribution in [3.05, 3.63) is 30.6 Å². The van der Waals surface area contributed by atoms with Crippen molar-refractivity contribution in [2.24, 2.45) is 14.8 Å². The van der Waals surface area contributed by atoms with Gasteiger partial charge in [0.2, 0.25) is 16.0 Å². The summed E-state index contributed by atoms with van der Waals surface area (Å²) < 4.78 is 26.3. The number of H-pyrrole nitrogens is 1. The van der Waals surface area contributed by atoms with Crippen molar-refractivity contribution in [3.8, 4) is 0 Å². The Hall–Kier alpha value is -2.57. The first kappa shape index (κ1) is 15.3. The van der Waals surface area contributed by atoms with E-state index in [4.69, 9.17) is 10.9 Å². The highest BCUT2D eigenvalue weighted by Crippen LogP contribution is 2.26. The molecule has 0 atom stereocenters. The minimum Gasteiger partial charge on any atom is -0.368 e. The quantitative estimate of drug-likeness (QED) is 0.363. The molecule has 23 heavy (non-hydrogen) atoms. The van der Waals surface area contributed by atoms with E-state index < -0.39 is 10.0 Å². The van der Waals surface area contributed by atoms with Crippen molar-refractivity contribution in [1.29, 1.82) is 0 Å². The van der Waals surface area contributed by atoms with Crippen LogP contribution < -0.4 is 10.9 Å². The third kappa shape index (κ3) is 3.44. The zero-order chi connectivity index (χ0) is 16.4. The topological polar surface area (TPSA) is 165 Å². The first-order valence-corrected chi connectivity index (χ1v) is 8.43. The second-order valence-corrected chi connectivity index (χ2v) is 6.59. The van der Waals surface area contributed by atoms with Crippen LogP contribution in [0.25, 0.3) is 11.2 Å². The van der Waals surface area contributed by atoms with Crippen LogP contribution in [0.2, 0.25) is 0 Å². The molecule has 0 radical (unpaired) electrons. The largest absolute Gasteiger partial charge is 0.368 e. The lowest BCUT2D eigenvalue weighted by Crippen LogP contribution is -2.11. The number of nitrogens with two attached hydrogens (primary N) is 2. The maximum atomic E-state index is 11.2. The van der Waals surface area contributed by atoms with Crippen LogP contribution in [-0.4, -0.2) is 28.4 Å². The van der Waals surface area contributed by atoms with E-state index in [1.807, 2.05) is 0 Å². The predicted molar refractivity (Wildman–Crippen MR) is 84.3 cm³/mol. The number of aromatic nitrogens is 4. The number of hydrogen-bond acceptors (Lipinski definition) is 9. The average Bonchev–Trinajstić information content (AvgIpc) is 2.95. The third-order valence-corrected chi connectivity index (χ3v) is 4.28. The van der Waals surface area contributed by atoms with Crippen molar-refractivity contribution in [3.63, 3.8) is 0 Å². The monoisotopic (exact) mass is 350 g/mol. The Morgan fingerprint density at radius 2 is 1.91 bits per heavy atom. The Morgan fingerprint density at radius 1 is 1.17 bits per heavy atom. The van der Waals surface area contributed by atoms with Crippen LogP contribution in [0.15, 0.2) is 50.1 Å². The summed E-state index contributed by atoms with van der Waals surface area (Å²) in [5.41, 5.74) is 7.10. The van der Waals surface area contributed by atoms with Gasteiger partial charge in [-0.1, -0.05) is 0 Å². The lowest BCUT2D eigenvalue weighted by molar-refractivity contribution is 0.598. The molecule has 0 spiro atoms. The summed E-state index contributed by atoms with van der Waals surface area (Å²) in [6.45, 7) is 0. The highest BCUT2D eigenvalue weighted by atomic mass is 32.2. The third-order valence-electron chi connectivity index (χ3n) is 2.72. The Morgan fingerprint density at radius 3 is 2.61 bits per heavy atom. The standard InChI is InChI=1S/C11H10N8O2S2/c12-11-16-9-8(14-5-15-9)10(17-11)22-19-18-6-1-3-7(4-2-6)23(13,20)21/h1-5H,(H2,13,20,21)(H3,12,14,15,16,17). The number of imidazole rings is 1. The fourth-order valence-electron chi connectivity index (χ4n) is 1.70. The molecule has 2 heterocycles. The molecule has 0 saturated heterocycles. The molecule has 10 nitrogen and oxygen atoms in total. The van der Waals surface area contributed by atoms with Crippen molar-refractivity contribution in [2.45, 2.75) is 9.92 Å². The van der Waals surface area contributed by atoms with Gasteiger partial charge in [0.15, 0.2) is 10.7 Å². The lowest BCUT2D eigenvalue weighted by Gasteiger charge is -1.98. The van der Waals surface area contributed by atoms with E-state index in [2.05, 4.69) is 29.6 Å². The van der Waals surface area contributed by atoms with Gasteiger partial charge in [-0.3, -0.25) is 0 Å². The van der Waals surface area contributed by atoms with Crippen LogP contribution in [0.3, 0.4) is 0 Å². The van der Waals surface area contributed by atoms with Crippen molar-refractivity contribution >= 4 is 44.8 Å². The van der Waals surface area contributed by atoms with Crippen LogP contribution in [0, 0.1) is 0 Å². The molecule has 0 aliphatic heterocycles. The summed E-state index contributed by atoms with van der Waals surface area (Å²) in [4.78, 5) is 14.9. The van der Waals surface area contributed by atoms with E-state index >= 15 is 0 Å². The van der Waals surface area contributed by atoms with E-state index in [9.17, 15) is 8.42 Å². The minimum absolute atomic E-state index is 0.00634. The van der Waals surface area contributed by atoms with Gasteiger partial charge in [0.25, 0.3) is 0 Å². The molecule has 12 heteroatoms. The molecule has 0 aliphatic carbocycles. The first-order valence-electron chi connectivity index (χ1n) is 6.11. The van der Waals surface area contributed by atoms with Gasteiger partial charge in [-0.15, -0.1) is 9.63 Å². The fourth-order valence-corrected chi connectivity index (χ4v) is 2.80. The molecule has 3 rings (SSSR count). The molecule has 0 fully saturated rings. The summed E-state index contributed by atoms with van der Waals surface area (Å²) in [5.74, 6) is 0.0832. The molecular formula is C11H10N8O2S2. The number of rotatable bonds is 4. The van der Waals surface area contributed by atoms with Gasteiger partial charge in [-0.25, -0.2) is 23.5 Å². The molecule has 0 amide bonds. The van der Waals surface area contributed by atoms with E-state index in [0.717, 1.165) is 11.9 Å². The van der Waals surface area contributed by atoms with E-state index in [0.29, 0.717) is 21.9 Å². The van der Waals surface area contributed by atoms with Crippen molar-refractivity contribution in [2.75, 3.05) is 5.73 Å². The number of nitrogens with zero attached hydrogens (tertiary/aromatic N) is 5. The Bertz CT molecular complexity index is 981. The molecule has 118 valence electrons. The first-order chi connectivity index (χ1) is 10.9. The number of aromatic amines is 1. The lowest BCUT2D eigenvalue weighted by atomic mass is 10.3. The second kappa shape index (κ2) is 5.91. The number of nitrogens with one attached hydrogen (secondary N) is 1. The van der Waals surface area contributed by atoms with Crippen LogP contribution in [0.5, 0.6) is 0 Å². The van der Waals surface area contributed by atoms with E-state index in [1.54, 1.807) is 0 Å². The number of sulfonamides is 1. The maximum absolute atomic E-state index is 11.2. The molecule has 2 aromatic heterocycles. The molecule has 0 bridgehead atoms. The summed E-state index contributed by atoms with van der Waals surface area (Å²) in [6, 6.07) is 5.68. The SMILES string of the molecule is Nc1nc(SN=Nc2ccc(S(N)(=O)=O)cc2)c2[nH]cnc2n1. The molecule has 1 aromatic carbocycles. The minimum atomic E-state index is -3.73. The predicted octanol–water partition coefficient (Wildman–Crippen LogP) is 1.37. The highest BCUT2D eigenvalue weighted by Gasteiger charge is 2.09. The Kier molecular flexibility index (Phi) is 3.94. The average molecular weight is 350 g/mol. The van der Waals surface area contributed by atoms with E-state index in [-0.39, 0.29) is 10.8 Å². The maximum Gasteiger partial charge on any atom is 0.238 e. The van der Waals surface area contributed by atoms with Crippen molar-refractivity contribution in [1.82, 2.24) is 19.9 Å². The molecule has 0 aliphatic rings. The zero-order valence-electron chi connectivity index (χ0n) is 11.4. The number of benzene rings is 1. The Labute approximate surface area is 134 Å². The van der Waals surface area contributed by atoms with Gasteiger partial charge < -0.3 is 10.7 Å². The van der Waals surface area contributed by atoms with Crippen LogP contribution in [0.4, 0.5) is 11.6 Å². The zero-order valence-corrected chi connectivity index (χ0v) is 13.0. The molecule has 0 saturated carbocycles. The normalized spacial score (nSPS) is 12.2. The Balaban J connectivity index is 1.79. The van der Waals surface area contributed by atoms with Gasteiger partial charge in [0.1, 0.15) is 5.52 Å². The highest BCUT2D eigenvalue weighted by molar-refractivity contribution is 7.98. The molecule has 5 N–H and O–H groups in total. The number of primary sulfonamides is 1. The molecule has 3 aromatic rings. The van der Waals surface area contributed by atoms with Crippen LogP contribution >= 0.6 is 11.9 Å². The van der Waals surface area contributed by atoms with Crippen LogP contribution in [0.1, 0.15) is 0 Å². The van der Waals surface area contributed by atoms with Gasteiger partial charge in [0.05, 0.1) is 28.9 Å². The number of hydrogen-bond donors (Lipinski definition) is 3. The van der Waals surface area contributed by atoms with Gasteiger partial charge in [-0.2, -0.15) is 4.98 Å². The summed E-state index contributed by atoms with van der Waals surface area (Å²) >= 11 is 0.986. The molecule has 0 unspecified atom stereocenters. The summed E-state index contributed by atoms with van der Waals surface area (Å²) in [7, 11) is -3.73. The van der Waals surface area contributed by atoms with Gasteiger partial charge >= 0.3 is 0 Å². The fraction of sp³-hybridized carbons (Fsp3) is 0. The number of anilines is 1. The van der Waals surface area contributed by atoms with E-state index in [1.165, 1.54) is 30.6 Å². The van der Waals surface area contributed by atoms with Gasteiger partial charge in [-0.05, 0) is 24.3 Å². The summed E-state index contributed by atoms with van der Waals surface area (Å²) in [6.07, 6.45) is 1.48. The second-order valence-electron chi connectivity index (χ2n) is 4.30. The smallest absolute Gasteiger partial charge is 0.238 e. The summed E-state index contributed by atoms with van der Waals surface area (Å²) in [5, 5.41) is 9.46. The van der Waals surface area contributed by atoms with Crippen molar-refractivity contribution < 1.29 is 8.42 Å². The molecular weight excluding hydrogens is 340 g/mol.